The summed E-state index contributed by atoms with van der Waals surface area (Å²) < 4.78 is 133. The molecule has 2 aliphatic rings. The number of hydrogen-bond donors (Lipinski definition) is 3. The van der Waals surface area contributed by atoms with Crippen molar-refractivity contribution >= 4 is 53.4 Å². The van der Waals surface area contributed by atoms with E-state index in [1.165, 1.54) is 24.3 Å². The second-order valence-electron chi connectivity index (χ2n) is 16.7. The van der Waals surface area contributed by atoms with Crippen LogP contribution in [0.4, 0.5) is 11.4 Å². The summed E-state index contributed by atoms with van der Waals surface area (Å²) in [5.41, 5.74) is 2.51. The molecule has 68 heavy (non-hydrogen) atoms. The van der Waals surface area contributed by atoms with Crippen molar-refractivity contribution in [1.29, 1.82) is 0 Å². The summed E-state index contributed by atoms with van der Waals surface area (Å²) in [4.78, 5) is 12.6. The molecule has 0 saturated heterocycles. The summed E-state index contributed by atoms with van der Waals surface area (Å²) in [5.74, 6) is -1.42. The zero-order valence-electron chi connectivity index (χ0n) is 39.2. The van der Waals surface area contributed by atoms with E-state index in [0.29, 0.717) is 121 Å². The summed E-state index contributed by atoms with van der Waals surface area (Å²) in [6, 6.07) is 8.67. The van der Waals surface area contributed by atoms with Gasteiger partial charge in [0.2, 0.25) is 5.69 Å². The summed E-state index contributed by atoms with van der Waals surface area (Å²) in [7, 11) is -12.0. The molecule has 0 aromatic heterocycles. The molecule has 0 amide bonds. The van der Waals surface area contributed by atoms with Crippen molar-refractivity contribution in [2.45, 2.75) is 86.3 Å². The quantitative estimate of drug-likeness (QED) is 0.0331. The molecule has 3 N–H and O–H groups in total. The van der Waals surface area contributed by atoms with Gasteiger partial charge in [0, 0.05) is 67.6 Å². The SMILES string of the molecule is CCN1/C(=C/C=C/C=C/C=C/C2=[N+](CCCCCC(=O)O)c3ccc(S(=O)(=O)O)cc3C2(C)CCCS(=O)(=O)O)C(C)(CCOCCOCCOCCOCCOC)c2cc(S(=O)(=O)[O-])ccc21. The lowest BCUT2D eigenvalue weighted by molar-refractivity contribution is -0.438. The van der Waals surface area contributed by atoms with E-state index in [0.717, 1.165) is 11.4 Å². The average molecular weight is 1010 g/mol. The molecule has 0 radical (unpaired) electrons. The Bertz CT molecular complexity index is 2520. The van der Waals surface area contributed by atoms with Crippen molar-refractivity contribution in [2.75, 3.05) is 90.3 Å². The summed E-state index contributed by atoms with van der Waals surface area (Å²) >= 11 is 0. The molecule has 2 aliphatic heterocycles. The van der Waals surface area contributed by atoms with Gasteiger partial charge in [-0.3, -0.25) is 13.9 Å². The number of rotatable bonds is 32. The first-order valence-electron chi connectivity index (χ1n) is 22.5. The number of ether oxygens (including phenoxy) is 5. The standard InChI is InChI=1S/C47H66N2O16S3/c1-5-48-41-20-18-37(67(55,56)57)35-39(41)47(3,23-25-62-28-29-64-32-33-65-31-30-63-27-26-61-4)43(48)15-10-7-6-8-11-16-44-46(2,22-14-34-66(52,53)54)40-36-38(68(58,59)60)19-21-42(40)49(44)24-13-9-12-17-45(50)51/h6-8,10-11,15-16,18-21,35-36H,5,9,12-14,17,22-34H2,1-4H3,(H3-,50,51,52,53,54,55,56,57,58,59,60). The number of carbonyl (C=O) groups is 1. The van der Waals surface area contributed by atoms with E-state index < -0.39 is 52.9 Å². The number of carboxylic acids is 1. The number of hydrogen-bond acceptors (Lipinski definition) is 14. The number of benzene rings is 2. The molecule has 0 spiro atoms. The van der Waals surface area contributed by atoms with Crippen LogP contribution in [0.1, 0.15) is 76.8 Å². The third-order valence-electron chi connectivity index (χ3n) is 11.9. The Hall–Kier alpha value is -4.13. The highest BCUT2D eigenvalue weighted by molar-refractivity contribution is 7.86. The van der Waals surface area contributed by atoms with Gasteiger partial charge in [0.05, 0.1) is 73.8 Å². The average Bonchev–Trinajstić information content (AvgIpc) is 3.64. The van der Waals surface area contributed by atoms with Crippen LogP contribution >= 0.6 is 0 Å². The molecule has 4 rings (SSSR count). The number of methoxy groups -OCH3 is 1. The summed E-state index contributed by atoms with van der Waals surface area (Å²) in [6.07, 6.45) is 15.1. The molecule has 0 bridgehead atoms. The predicted molar refractivity (Wildman–Crippen MR) is 255 cm³/mol. The molecule has 18 nitrogen and oxygen atoms in total. The predicted octanol–water partition coefficient (Wildman–Crippen LogP) is 5.96. The minimum Gasteiger partial charge on any atom is -0.744 e. The number of anilines is 1. The fourth-order valence-corrected chi connectivity index (χ4v) is 10.00. The van der Waals surface area contributed by atoms with Crippen molar-refractivity contribution in [3.63, 3.8) is 0 Å². The minimum absolute atomic E-state index is 0.0122. The Labute approximate surface area is 401 Å². The van der Waals surface area contributed by atoms with Gasteiger partial charge in [-0.2, -0.15) is 21.4 Å². The van der Waals surface area contributed by atoms with Crippen molar-refractivity contribution in [1.82, 2.24) is 0 Å². The van der Waals surface area contributed by atoms with Crippen LogP contribution < -0.4 is 4.90 Å². The Morgan fingerprint density at radius 2 is 1.31 bits per heavy atom. The van der Waals surface area contributed by atoms with Crippen molar-refractivity contribution in [2.24, 2.45) is 0 Å². The topological polar surface area (TPSA) is 256 Å². The molecule has 378 valence electrons. The largest absolute Gasteiger partial charge is 0.744 e. The van der Waals surface area contributed by atoms with Crippen LogP contribution in [0.5, 0.6) is 0 Å². The van der Waals surface area contributed by atoms with E-state index in [-0.39, 0.29) is 29.1 Å². The van der Waals surface area contributed by atoms with Crippen LogP contribution in [0.15, 0.2) is 94.4 Å². The molecule has 0 aliphatic carbocycles. The highest BCUT2D eigenvalue weighted by Gasteiger charge is 2.48. The van der Waals surface area contributed by atoms with Crippen LogP contribution in [0.3, 0.4) is 0 Å². The molecule has 0 saturated carbocycles. The lowest BCUT2D eigenvalue weighted by atomic mass is 9.76. The second-order valence-corrected chi connectivity index (χ2v) is 21.1. The van der Waals surface area contributed by atoms with Crippen molar-refractivity contribution in [3.8, 4) is 0 Å². The number of likely N-dealkylation sites (N-methyl/N-ethyl adjacent to an activating group) is 1. The zero-order chi connectivity index (χ0) is 50.0. The Kier molecular flexibility index (Phi) is 21.7. The van der Waals surface area contributed by atoms with E-state index in [1.807, 2.05) is 49.7 Å². The Balaban J connectivity index is 1.55. The molecule has 21 heteroatoms. The first kappa shape index (κ1) is 56.5. The molecular weight excluding hydrogens is 945 g/mol. The van der Waals surface area contributed by atoms with Crippen LogP contribution in [0.2, 0.25) is 0 Å². The van der Waals surface area contributed by atoms with Crippen LogP contribution in [-0.4, -0.2) is 146 Å². The second kappa shape index (κ2) is 26.2. The molecule has 0 fully saturated rings. The summed E-state index contributed by atoms with van der Waals surface area (Å²) in [6.45, 7) is 10.5. The smallest absolute Gasteiger partial charge is 0.303 e. The summed E-state index contributed by atoms with van der Waals surface area (Å²) in [5, 5.41) is 9.13. The third kappa shape index (κ3) is 16.2. The number of carboxylic acid groups (broad SMARTS) is 1. The maximum atomic E-state index is 12.2. The van der Waals surface area contributed by atoms with E-state index in [4.69, 9.17) is 28.8 Å². The fraction of sp³-hybridized carbons (Fsp3) is 0.532. The minimum atomic E-state index is -4.74. The van der Waals surface area contributed by atoms with Crippen molar-refractivity contribution in [3.05, 3.63) is 95.8 Å². The van der Waals surface area contributed by atoms with Crippen LogP contribution in [-0.2, 0) is 69.7 Å². The fourth-order valence-electron chi connectivity index (χ4n) is 8.48. The van der Waals surface area contributed by atoms with Gasteiger partial charge in [-0.05, 0) is 94.8 Å². The lowest BCUT2D eigenvalue weighted by Gasteiger charge is -2.30. The number of aliphatic carboxylic acids is 1. The zero-order valence-corrected chi connectivity index (χ0v) is 41.7. The van der Waals surface area contributed by atoms with Gasteiger partial charge in [0.15, 0.2) is 5.71 Å². The number of allylic oxidation sites excluding steroid dienone is 8. The van der Waals surface area contributed by atoms with Gasteiger partial charge in [-0.1, -0.05) is 30.4 Å². The molecule has 2 atom stereocenters. The highest BCUT2D eigenvalue weighted by atomic mass is 32.2. The van der Waals surface area contributed by atoms with E-state index in [2.05, 4.69) is 4.90 Å². The maximum Gasteiger partial charge on any atom is 0.303 e. The number of unbranched alkanes of at least 4 members (excludes halogenated alkanes) is 2. The van der Waals surface area contributed by atoms with Crippen LogP contribution in [0, 0.1) is 0 Å². The molecule has 2 aromatic carbocycles. The number of fused-ring (bicyclic) bond motifs is 2. The normalized spacial score (nSPS) is 19.4. The van der Waals surface area contributed by atoms with Gasteiger partial charge < -0.3 is 38.2 Å². The molecule has 2 aromatic rings. The van der Waals surface area contributed by atoms with E-state index in [1.54, 1.807) is 37.5 Å². The number of nitrogens with zero attached hydrogens (tertiary/aromatic N) is 2. The maximum absolute atomic E-state index is 12.2. The first-order valence-corrected chi connectivity index (χ1v) is 27.0. The Morgan fingerprint density at radius 1 is 0.721 bits per heavy atom. The third-order valence-corrected chi connectivity index (χ3v) is 14.4. The lowest BCUT2D eigenvalue weighted by Crippen LogP contribution is -2.32. The van der Waals surface area contributed by atoms with Gasteiger partial charge >= 0.3 is 5.97 Å². The molecule has 2 unspecified atom stereocenters. The first-order chi connectivity index (χ1) is 32.2. The van der Waals surface area contributed by atoms with Crippen molar-refractivity contribution < 1.29 is 77.1 Å². The van der Waals surface area contributed by atoms with Gasteiger partial charge in [-0.15, -0.1) is 0 Å². The van der Waals surface area contributed by atoms with E-state index >= 15 is 0 Å². The highest BCUT2D eigenvalue weighted by Crippen LogP contribution is 2.50. The Morgan fingerprint density at radius 3 is 1.90 bits per heavy atom. The molecule has 2 heterocycles. The van der Waals surface area contributed by atoms with Crippen LogP contribution in [0.25, 0.3) is 0 Å². The van der Waals surface area contributed by atoms with E-state index in [9.17, 15) is 43.7 Å². The van der Waals surface area contributed by atoms with Gasteiger partial charge in [0.1, 0.15) is 16.7 Å². The van der Waals surface area contributed by atoms with Gasteiger partial charge in [-0.25, -0.2) is 8.42 Å². The monoisotopic (exact) mass is 1010 g/mol. The van der Waals surface area contributed by atoms with Gasteiger partial charge in [0.25, 0.3) is 20.2 Å². The molecular formula is C47H66N2O16S3.